The fourth-order valence-electron chi connectivity index (χ4n) is 2.12. The molecule has 1 aromatic rings. The van der Waals surface area contributed by atoms with E-state index in [1.165, 1.54) is 5.56 Å². The Morgan fingerprint density at radius 2 is 2.36 bits per heavy atom. The first-order valence-corrected chi connectivity index (χ1v) is 4.68. The number of nitro groups is 1. The first-order chi connectivity index (χ1) is 6.75. The molecule has 0 N–H and O–H groups in total. The maximum atomic E-state index is 10.6. The van der Waals surface area contributed by atoms with Gasteiger partial charge in [0.25, 0.3) is 5.69 Å². The van der Waals surface area contributed by atoms with Gasteiger partial charge >= 0.3 is 0 Å². The predicted octanol–water partition coefficient (Wildman–Crippen LogP) is 1.98. The minimum Gasteiger partial charge on any atom is -0.364 e. The second-order valence-corrected chi connectivity index (χ2v) is 3.77. The Bertz CT molecular complexity index is 416. The Hall–Kier alpha value is -1.42. The summed E-state index contributed by atoms with van der Waals surface area (Å²) in [6.45, 7) is 0. The van der Waals surface area contributed by atoms with Crippen molar-refractivity contribution in [3.63, 3.8) is 0 Å². The van der Waals surface area contributed by atoms with E-state index in [0.717, 1.165) is 18.4 Å². The van der Waals surface area contributed by atoms with Gasteiger partial charge in [0.15, 0.2) is 0 Å². The van der Waals surface area contributed by atoms with Gasteiger partial charge < -0.3 is 4.74 Å². The zero-order chi connectivity index (χ0) is 9.71. The second-order valence-electron chi connectivity index (χ2n) is 3.77. The molecule has 1 fully saturated rings. The number of benzene rings is 1. The number of fused-ring (bicyclic) bond motifs is 3. The van der Waals surface area contributed by atoms with Crippen molar-refractivity contribution in [3.8, 4) is 0 Å². The van der Waals surface area contributed by atoms with Crippen molar-refractivity contribution < 1.29 is 9.66 Å². The van der Waals surface area contributed by atoms with Crippen LogP contribution in [0.1, 0.15) is 23.7 Å². The minimum absolute atomic E-state index is 0.138. The van der Waals surface area contributed by atoms with Crippen LogP contribution < -0.4 is 0 Å². The molecule has 1 aromatic carbocycles. The highest BCUT2D eigenvalue weighted by molar-refractivity contribution is 5.44. The minimum atomic E-state index is -0.355. The average Bonchev–Trinajstić information content (AvgIpc) is 2.95. The van der Waals surface area contributed by atoms with Gasteiger partial charge in [-0.05, 0) is 24.0 Å². The Morgan fingerprint density at radius 1 is 1.50 bits per heavy atom. The summed E-state index contributed by atoms with van der Waals surface area (Å²) in [6.07, 6.45) is 2.49. The molecule has 0 amide bonds. The summed E-state index contributed by atoms with van der Waals surface area (Å²) in [6, 6.07) is 5.08. The third kappa shape index (κ3) is 1.04. The van der Waals surface area contributed by atoms with Crippen LogP contribution in [0.3, 0.4) is 0 Å². The van der Waals surface area contributed by atoms with Gasteiger partial charge in [0.1, 0.15) is 6.10 Å². The van der Waals surface area contributed by atoms with E-state index in [1.807, 2.05) is 6.07 Å². The molecule has 72 valence electrons. The molecule has 0 radical (unpaired) electrons. The molecule has 0 bridgehead atoms. The Labute approximate surface area is 80.6 Å². The fraction of sp³-hybridized carbons (Fsp3) is 0.400. The molecule has 4 heteroatoms. The highest BCUT2D eigenvalue weighted by Crippen LogP contribution is 2.47. The molecule has 2 unspecified atom stereocenters. The van der Waals surface area contributed by atoms with Gasteiger partial charge in [0.05, 0.1) is 11.0 Å². The van der Waals surface area contributed by atoms with Crippen molar-refractivity contribution in [1.82, 2.24) is 0 Å². The lowest BCUT2D eigenvalue weighted by Crippen LogP contribution is -2.04. The molecule has 2 aliphatic rings. The van der Waals surface area contributed by atoms with E-state index in [2.05, 4.69) is 0 Å². The number of rotatable bonds is 1. The number of aryl methyl sites for hydroxylation is 1. The lowest BCUT2D eigenvalue weighted by atomic mass is 9.91. The molecule has 1 saturated heterocycles. The van der Waals surface area contributed by atoms with E-state index in [0.29, 0.717) is 6.10 Å². The third-order valence-electron chi connectivity index (χ3n) is 2.93. The van der Waals surface area contributed by atoms with E-state index in [1.54, 1.807) is 12.1 Å². The topological polar surface area (TPSA) is 55.7 Å². The molecule has 2 atom stereocenters. The maximum Gasteiger partial charge on any atom is 0.269 e. The molecule has 0 aromatic heterocycles. The SMILES string of the molecule is O=[N+]([O-])c1ccc2c(c1)C1OC1CC2. The second kappa shape index (κ2) is 2.54. The zero-order valence-electron chi connectivity index (χ0n) is 7.47. The molecule has 1 heterocycles. The summed E-state index contributed by atoms with van der Waals surface area (Å²) < 4.78 is 5.42. The highest BCUT2D eigenvalue weighted by atomic mass is 16.6. The molecule has 0 spiro atoms. The van der Waals surface area contributed by atoms with Gasteiger partial charge in [-0.25, -0.2) is 0 Å². The first-order valence-electron chi connectivity index (χ1n) is 4.68. The monoisotopic (exact) mass is 191 g/mol. The molecular weight excluding hydrogens is 182 g/mol. The molecule has 3 rings (SSSR count). The number of hydrogen-bond acceptors (Lipinski definition) is 3. The average molecular weight is 191 g/mol. The Balaban J connectivity index is 2.08. The van der Waals surface area contributed by atoms with Gasteiger partial charge in [0.2, 0.25) is 0 Å². The van der Waals surface area contributed by atoms with E-state index in [4.69, 9.17) is 4.74 Å². The molecule has 0 saturated carbocycles. The van der Waals surface area contributed by atoms with Crippen LogP contribution in [0.15, 0.2) is 18.2 Å². The molecular formula is C10H9NO3. The van der Waals surface area contributed by atoms with Gasteiger partial charge in [0, 0.05) is 12.1 Å². The van der Waals surface area contributed by atoms with Crippen molar-refractivity contribution in [2.45, 2.75) is 25.0 Å². The van der Waals surface area contributed by atoms with Crippen LogP contribution in [0.5, 0.6) is 0 Å². The van der Waals surface area contributed by atoms with E-state index in [9.17, 15) is 10.1 Å². The summed E-state index contributed by atoms with van der Waals surface area (Å²) in [5.74, 6) is 0. The van der Waals surface area contributed by atoms with Gasteiger partial charge in [-0.1, -0.05) is 6.07 Å². The smallest absolute Gasteiger partial charge is 0.269 e. The fourth-order valence-corrected chi connectivity index (χ4v) is 2.12. The number of non-ortho nitro benzene ring substituents is 1. The third-order valence-corrected chi connectivity index (χ3v) is 2.93. The quantitative estimate of drug-likeness (QED) is 0.387. The van der Waals surface area contributed by atoms with Gasteiger partial charge in [-0.15, -0.1) is 0 Å². The van der Waals surface area contributed by atoms with Crippen LogP contribution in [-0.2, 0) is 11.2 Å². The first kappa shape index (κ1) is 7.94. The lowest BCUT2D eigenvalue weighted by Gasteiger charge is -2.10. The summed E-state index contributed by atoms with van der Waals surface area (Å²) in [4.78, 5) is 10.2. The molecule has 14 heavy (non-hydrogen) atoms. The van der Waals surface area contributed by atoms with Crippen molar-refractivity contribution in [1.29, 1.82) is 0 Å². The number of nitro benzene ring substituents is 1. The summed E-state index contributed by atoms with van der Waals surface area (Å²) in [7, 11) is 0. The number of ether oxygens (including phenoxy) is 1. The van der Waals surface area contributed by atoms with Crippen molar-refractivity contribution in [2.24, 2.45) is 0 Å². The maximum absolute atomic E-state index is 10.6. The zero-order valence-corrected chi connectivity index (χ0v) is 7.47. The highest BCUT2D eigenvalue weighted by Gasteiger charge is 2.44. The Morgan fingerprint density at radius 3 is 3.14 bits per heavy atom. The number of nitrogens with zero attached hydrogens (tertiary/aromatic N) is 1. The number of hydrogen-bond donors (Lipinski definition) is 0. The van der Waals surface area contributed by atoms with Crippen LogP contribution in [0, 0.1) is 10.1 Å². The van der Waals surface area contributed by atoms with Crippen LogP contribution >= 0.6 is 0 Å². The molecule has 1 aliphatic heterocycles. The van der Waals surface area contributed by atoms with Gasteiger partial charge in [-0.3, -0.25) is 10.1 Å². The Kier molecular flexibility index (Phi) is 1.44. The van der Waals surface area contributed by atoms with Crippen LogP contribution in [0.2, 0.25) is 0 Å². The van der Waals surface area contributed by atoms with E-state index < -0.39 is 0 Å². The summed E-state index contributed by atoms with van der Waals surface area (Å²) in [5, 5.41) is 10.6. The standard InChI is InChI=1S/C10H9NO3/c12-11(13)7-3-1-6-2-4-9-10(14-9)8(6)5-7/h1,3,5,9-10H,2,4H2. The van der Waals surface area contributed by atoms with Crippen molar-refractivity contribution >= 4 is 5.69 Å². The van der Waals surface area contributed by atoms with Crippen LogP contribution in [0.25, 0.3) is 0 Å². The van der Waals surface area contributed by atoms with E-state index in [-0.39, 0.29) is 16.7 Å². The summed E-state index contributed by atoms with van der Waals surface area (Å²) in [5.41, 5.74) is 2.39. The largest absolute Gasteiger partial charge is 0.364 e. The predicted molar refractivity (Wildman–Crippen MR) is 49.0 cm³/mol. The molecule has 4 nitrogen and oxygen atoms in total. The van der Waals surface area contributed by atoms with Crippen LogP contribution in [-0.4, -0.2) is 11.0 Å². The van der Waals surface area contributed by atoms with Crippen LogP contribution in [0.4, 0.5) is 5.69 Å². The molecule has 1 aliphatic carbocycles. The van der Waals surface area contributed by atoms with Gasteiger partial charge in [-0.2, -0.15) is 0 Å². The van der Waals surface area contributed by atoms with Crippen molar-refractivity contribution in [2.75, 3.05) is 0 Å². The van der Waals surface area contributed by atoms with Crippen molar-refractivity contribution in [3.05, 3.63) is 39.4 Å². The van der Waals surface area contributed by atoms with E-state index >= 15 is 0 Å². The normalized spacial score (nSPS) is 27.7. The lowest BCUT2D eigenvalue weighted by molar-refractivity contribution is -0.384. The number of epoxide rings is 1. The summed E-state index contributed by atoms with van der Waals surface area (Å²) >= 11 is 0.